The van der Waals surface area contributed by atoms with Crippen molar-refractivity contribution in [3.63, 3.8) is 0 Å². The summed E-state index contributed by atoms with van der Waals surface area (Å²) in [6, 6.07) is 3.55. The summed E-state index contributed by atoms with van der Waals surface area (Å²) in [4.78, 5) is 13.1. The van der Waals surface area contributed by atoms with Gasteiger partial charge < -0.3 is 15.2 Å². The van der Waals surface area contributed by atoms with Gasteiger partial charge >= 0.3 is 0 Å². The molecule has 0 saturated heterocycles. The van der Waals surface area contributed by atoms with E-state index in [1.54, 1.807) is 19.2 Å². The van der Waals surface area contributed by atoms with Crippen LogP contribution in [-0.4, -0.2) is 37.9 Å². The first-order valence-electron chi connectivity index (χ1n) is 5.24. The Morgan fingerprint density at radius 3 is 3.12 bits per heavy atom. The molecule has 0 unspecified atom stereocenters. The Morgan fingerprint density at radius 1 is 1.59 bits per heavy atom. The fourth-order valence-corrected chi connectivity index (χ4v) is 1.88. The van der Waals surface area contributed by atoms with Crippen LogP contribution in [0.15, 0.2) is 12.1 Å². The molecule has 0 radical (unpaired) electrons. The van der Waals surface area contributed by atoms with Gasteiger partial charge in [-0.1, -0.05) is 11.8 Å². The predicted octanol–water partition coefficient (Wildman–Crippen LogP) is 0.858. The molecule has 17 heavy (non-hydrogen) atoms. The average molecular weight is 253 g/mol. The summed E-state index contributed by atoms with van der Waals surface area (Å²) in [6.07, 6.45) is 0.452. The number of ether oxygens (including phenoxy) is 1. The number of methoxy groups -OCH3 is 1. The summed E-state index contributed by atoms with van der Waals surface area (Å²) in [5, 5.41) is 11.3. The number of thiophene rings is 1. The average Bonchev–Trinajstić information content (AvgIpc) is 2.78. The summed E-state index contributed by atoms with van der Waals surface area (Å²) in [5.41, 5.74) is 0. The second kappa shape index (κ2) is 7.85. The molecule has 2 N–H and O–H groups in total. The van der Waals surface area contributed by atoms with Crippen LogP contribution < -0.4 is 5.32 Å². The number of nitrogens with one attached hydrogen (secondary N) is 1. The first kappa shape index (κ1) is 13.7. The van der Waals surface area contributed by atoms with Crippen LogP contribution in [-0.2, 0) is 4.74 Å². The van der Waals surface area contributed by atoms with Crippen molar-refractivity contribution in [1.29, 1.82) is 0 Å². The zero-order chi connectivity index (χ0) is 12.5. The van der Waals surface area contributed by atoms with Gasteiger partial charge in [0.05, 0.1) is 23.0 Å². The molecule has 1 amide bonds. The van der Waals surface area contributed by atoms with Gasteiger partial charge in [0.2, 0.25) is 0 Å². The van der Waals surface area contributed by atoms with Gasteiger partial charge in [0, 0.05) is 20.1 Å². The number of carbonyl (C=O) groups excluding carboxylic acids is 1. The molecule has 1 aromatic rings. The molecule has 0 atom stereocenters. The fourth-order valence-electron chi connectivity index (χ4n) is 1.09. The summed E-state index contributed by atoms with van der Waals surface area (Å²) in [5.74, 6) is 5.60. The third kappa shape index (κ3) is 5.00. The maximum absolute atomic E-state index is 11.6. The second-order valence-electron chi connectivity index (χ2n) is 3.19. The minimum absolute atomic E-state index is 0.0583. The van der Waals surface area contributed by atoms with Crippen LogP contribution in [0.5, 0.6) is 0 Å². The molecule has 0 aliphatic rings. The Morgan fingerprint density at radius 2 is 2.41 bits per heavy atom. The maximum Gasteiger partial charge on any atom is 0.261 e. The van der Waals surface area contributed by atoms with E-state index in [0.29, 0.717) is 24.4 Å². The van der Waals surface area contributed by atoms with Gasteiger partial charge in [-0.15, -0.1) is 11.3 Å². The maximum atomic E-state index is 11.6. The van der Waals surface area contributed by atoms with Crippen LogP contribution in [0.2, 0.25) is 0 Å². The molecule has 1 rings (SSSR count). The van der Waals surface area contributed by atoms with Crippen molar-refractivity contribution in [3.05, 3.63) is 21.9 Å². The van der Waals surface area contributed by atoms with Crippen LogP contribution >= 0.6 is 11.3 Å². The summed E-state index contributed by atoms with van der Waals surface area (Å²) in [6.45, 7) is 1.06. The third-order valence-corrected chi connectivity index (χ3v) is 2.87. The normalized spacial score (nSPS) is 9.53. The quantitative estimate of drug-likeness (QED) is 0.604. The van der Waals surface area contributed by atoms with Crippen molar-refractivity contribution in [2.45, 2.75) is 6.42 Å². The van der Waals surface area contributed by atoms with E-state index in [0.717, 1.165) is 4.88 Å². The highest BCUT2D eigenvalue weighted by atomic mass is 32.1. The molecule has 0 bridgehead atoms. The first-order valence-corrected chi connectivity index (χ1v) is 6.06. The largest absolute Gasteiger partial charge is 0.395 e. The monoisotopic (exact) mass is 253 g/mol. The van der Waals surface area contributed by atoms with Crippen molar-refractivity contribution < 1.29 is 14.6 Å². The molecule has 1 heterocycles. The third-order valence-electron chi connectivity index (χ3n) is 1.87. The van der Waals surface area contributed by atoms with Crippen molar-refractivity contribution in [2.24, 2.45) is 0 Å². The van der Waals surface area contributed by atoms with Crippen molar-refractivity contribution in [2.75, 3.05) is 26.9 Å². The van der Waals surface area contributed by atoms with Gasteiger partial charge in [0.25, 0.3) is 5.91 Å². The number of hydrogen-bond donors (Lipinski definition) is 2. The number of rotatable bonds is 5. The Bertz CT molecular complexity index is 417. The van der Waals surface area contributed by atoms with E-state index in [4.69, 9.17) is 9.84 Å². The lowest BCUT2D eigenvalue weighted by Gasteiger charge is -2.01. The van der Waals surface area contributed by atoms with E-state index < -0.39 is 0 Å². The standard InChI is InChI=1S/C12H15NO3S/c1-16-9-7-13-12(15)11-6-5-10(17-11)4-2-3-8-14/h5-6,14H,3,7-9H2,1H3,(H,13,15). The van der Waals surface area contributed by atoms with Gasteiger partial charge in [-0.3, -0.25) is 4.79 Å². The van der Waals surface area contributed by atoms with Crippen LogP contribution in [0, 0.1) is 11.8 Å². The van der Waals surface area contributed by atoms with Gasteiger partial charge in [-0.05, 0) is 12.1 Å². The van der Waals surface area contributed by atoms with Crippen molar-refractivity contribution in [3.8, 4) is 11.8 Å². The molecule has 0 spiro atoms. The Kier molecular flexibility index (Phi) is 6.33. The highest BCUT2D eigenvalue weighted by Gasteiger charge is 2.07. The number of aliphatic hydroxyl groups excluding tert-OH is 1. The highest BCUT2D eigenvalue weighted by molar-refractivity contribution is 7.14. The molecule has 0 saturated carbocycles. The lowest BCUT2D eigenvalue weighted by atomic mass is 10.4. The fraction of sp³-hybridized carbons (Fsp3) is 0.417. The van der Waals surface area contributed by atoms with E-state index in [1.165, 1.54) is 11.3 Å². The Balaban J connectivity index is 2.50. The molecular formula is C12H15NO3S. The van der Waals surface area contributed by atoms with Gasteiger partial charge in [-0.25, -0.2) is 0 Å². The SMILES string of the molecule is COCCNC(=O)c1ccc(C#CCCO)s1. The summed E-state index contributed by atoms with van der Waals surface area (Å²) >= 11 is 1.34. The molecule has 4 nitrogen and oxygen atoms in total. The number of hydrogen-bond acceptors (Lipinski definition) is 4. The van der Waals surface area contributed by atoms with E-state index in [9.17, 15) is 4.79 Å². The number of carbonyl (C=O) groups is 1. The highest BCUT2D eigenvalue weighted by Crippen LogP contribution is 2.15. The zero-order valence-corrected chi connectivity index (χ0v) is 10.5. The molecule has 1 aromatic heterocycles. The minimum atomic E-state index is -0.109. The molecular weight excluding hydrogens is 238 g/mol. The van der Waals surface area contributed by atoms with Crippen LogP contribution in [0.4, 0.5) is 0 Å². The lowest BCUT2D eigenvalue weighted by molar-refractivity contribution is 0.0941. The zero-order valence-electron chi connectivity index (χ0n) is 9.66. The van der Waals surface area contributed by atoms with E-state index >= 15 is 0 Å². The molecule has 0 fully saturated rings. The topological polar surface area (TPSA) is 58.6 Å². The molecule has 0 aliphatic heterocycles. The smallest absolute Gasteiger partial charge is 0.261 e. The van der Waals surface area contributed by atoms with Crippen LogP contribution in [0.3, 0.4) is 0 Å². The molecule has 0 aromatic carbocycles. The van der Waals surface area contributed by atoms with Crippen molar-refractivity contribution >= 4 is 17.2 Å². The van der Waals surface area contributed by atoms with E-state index in [2.05, 4.69) is 17.2 Å². The van der Waals surface area contributed by atoms with Gasteiger partial charge in [0.15, 0.2) is 0 Å². The van der Waals surface area contributed by atoms with Gasteiger partial charge in [-0.2, -0.15) is 0 Å². The number of aliphatic hydroxyl groups is 1. The van der Waals surface area contributed by atoms with Crippen LogP contribution in [0.1, 0.15) is 21.0 Å². The van der Waals surface area contributed by atoms with Crippen molar-refractivity contribution in [1.82, 2.24) is 5.32 Å². The molecule has 0 aliphatic carbocycles. The first-order chi connectivity index (χ1) is 8.27. The second-order valence-corrected chi connectivity index (χ2v) is 4.27. The Labute approximate surface area is 105 Å². The number of amides is 1. The predicted molar refractivity (Wildman–Crippen MR) is 67.1 cm³/mol. The van der Waals surface area contributed by atoms with Crippen LogP contribution in [0.25, 0.3) is 0 Å². The molecule has 92 valence electrons. The lowest BCUT2D eigenvalue weighted by Crippen LogP contribution is -2.26. The summed E-state index contributed by atoms with van der Waals surface area (Å²) in [7, 11) is 1.59. The molecule has 5 heteroatoms. The van der Waals surface area contributed by atoms with Gasteiger partial charge in [0.1, 0.15) is 0 Å². The minimum Gasteiger partial charge on any atom is -0.395 e. The summed E-state index contributed by atoms with van der Waals surface area (Å²) < 4.78 is 4.84. The van der Waals surface area contributed by atoms with E-state index in [-0.39, 0.29) is 12.5 Å². The van der Waals surface area contributed by atoms with E-state index in [1.807, 2.05) is 0 Å². The Hall–Kier alpha value is -1.35.